The maximum atomic E-state index is 11.2. The molecular formula is C8H4Cl4O2. The Balaban J connectivity index is 2.86. The number of rotatable bonds is 2. The molecular weight excluding hydrogens is 270 g/mol. The summed E-state index contributed by atoms with van der Waals surface area (Å²) < 4.78 is 4.52. The molecule has 6 heteroatoms. The lowest BCUT2D eigenvalue weighted by Gasteiger charge is -2.05. The number of esters is 1. The Bertz CT molecular complexity index is 351. The first-order chi connectivity index (χ1) is 6.50. The Hall–Kier alpha value is -0.150. The van der Waals surface area contributed by atoms with Crippen LogP contribution in [0.25, 0.3) is 0 Å². The fourth-order valence-corrected chi connectivity index (χ4v) is 1.23. The maximum absolute atomic E-state index is 11.2. The van der Waals surface area contributed by atoms with Crippen molar-refractivity contribution in [3.8, 4) is 0 Å². The molecule has 1 aromatic rings. The quantitative estimate of drug-likeness (QED) is 0.603. The Morgan fingerprint density at radius 3 is 2.36 bits per heavy atom. The van der Waals surface area contributed by atoms with Crippen molar-refractivity contribution in [1.29, 1.82) is 0 Å². The Morgan fingerprint density at radius 2 is 1.86 bits per heavy atom. The van der Waals surface area contributed by atoms with Crippen LogP contribution in [0.4, 0.5) is 0 Å². The molecule has 0 saturated carbocycles. The van der Waals surface area contributed by atoms with Gasteiger partial charge in [-0.2, -0.15) is 0 Å². The monoisotopic (exact) mass is 272 g/mol. The van der Waals surface area contributed by atoms with Crippen LogP contribution in [0.15, 0.2) is 18.2 Å². The first kappa shape index (κ1) is 11.9. The Morgan fingerprint density at radius 1 is 1.21 bits per heavy atom. The van der Waals surface area contributed by atoms with E-state index in [2.05, 4.69) is 4.74 Å². The largest absolute Gasteiger partial charge is 0.428 e. The summed E-state index contributed by atoms with van der Waals surface area (Å²) in [5, 5.41) is -0.574. The van der Waals surface area contributed by atoms with Crippen LogP contribution in [0.2, 0.25) is 10.0 Å². The molecule has 0 saturated heterocycles. The lowest BCUT2D eigenvalue weighted by molar-refractivity contribution is 0.0536. The Labute approximate surface area is 101 Å². The van der Waals surface area contributed by atoms with Gasteiger partial charge in [0.25, 0.3) is 5.02 Å². The van der Waals surface area contributed by atoms with E-state index >= 15 is 0 Å². The topological polar surface area (TPSA) is 26.3 Å². The second-order valence-electron chi connectivity index (χ2n) is 2.29. The van der Waals surface area contributed by atoms with Crippen molar-refractivity contribution < 1.29 is 9.53 Å². The van der Waals surface area contributed by atoms with Gasteiger partial charge in [0.05, 0.1) is 15.6 Å². The first-order valence-corrected chi connectivity index (χ1v) is 5.08. The van der Waals surface area contributed by atoms with Gasteiger partial charge in [0.1, 0.15) is 0 Å². The number of hydrogen-bond donors (Lipinski definition) is 0. The van der Waals surface area contributed by atoms with Crippen molar-refractivity contribution in [3.63, 3.8) is 0 Å². The van der Waals surface area contributed by atoms with E-state index in [0.717, 1.165) is 0 Å². The predicted molar refractivity (Wildman–Crippen MR) is 57.4 cm³/mol. The molecule has 0 unspecified atom stereocenters. The normalized spacial score (nSPS) is 10.4. The molecule has 0 fully saturated rings. The molecule has 0 amide bonds. The average molecular weight is 274 g/mol. The van der Waals surface area contributed by atoms with Gasteiger partial charge in [-0.1, -0.05) is 46.4 Å². The number of hydrogen-bond acceptors (Lipinski definition) is 2. The van der Waals surface area contributed by atoms with Crippen LogP contribution < -0.4 is 0 Å². The number of carbonyl (C=O) groups is 1. The molecule has 0 aliphatic rings. The molecule has 0 N–H and O–H groups in total. The van der Waals surface area contributed by atoms with Crippen molar-refractivity contribution in [2.75, 3.05) is 0 Å². The summed E-state index contributed by atoms with van der Waals surface area (Å²) in [6.07, 6.45) is 0. The van der Waals surface area contributed by atoms with Crippen molar-refractivity contribution in [2.45, 2.75) is 5.02 Å². The highest BCUT2D eigenvalue weighted by molar-refractivity contribution is 6.44. The van der Waals surface area contributed by atoms with E-state index in [9.17, 15) is 4.79 Å². The van der Waals surface area contributed by atoms with E-state index in [0.29, 0.717) is 5.02 Å². The van der Waals surface area contributed by atoms with Crippen molar-refractivity contribution in [2.24, 2.45) is 0 Å². The van der Waals surface area contributed by atoms with E-state index in [1.54, 1.807) is 0 Å². The molecule has 0 aliphatic heterocycles. The summed E-state index contributed by atoms with van der Waals surface area (Å²) in [5.41, 5.74) is 0.241. The Kier molecular flexibility index (Phi) is 4.32. The van der Waals surface area contributed by atoms with Crippen LogP contribution in [0, 0.1) is 0 Å². The van der Waals surface area contributed by atoms with Crippen molar-refractivity contribution >= 4 is 52.4 Å². The van der Waals surface area contributed by atoms with Crippen LogP contribution in [-0.2, 0) is 4.74 Å². The smallest absolute Gasteiger partial charge is 0.340 e. The third-order valence-electron chi connectivity index (χ3n) is 1.35. The maximum Gasteiger partial charge on any atom is 0.340 e. The summed E-state index contributed by atoms with van der Waals surface area (Å²) in [4.78, 5) is 11.2. The zero-order chi connectivity index (χ0) is 10.7. The highest BCUT2D eigenvalue weighted by Gasteiger charge is 2.12. The van der Waals surface area contributed by atoms with Gasteiger partial charge in [0, 0.05) is 0 Å². The summed E-state index contributed by atoms with van der Waals surface area (Å²) in [6.45, 7) is 0. The van der Waals surface area contributed by atoms with Crippen LogP contribution >= 0.6 is 46.4 Å². The molecule has 76 valence electrons. The van der Waals surface area contributed by atoms with Crippen LogP contribution in [0.3, 0.4) is 0 Å². The van der Waals surface area contributed by atoms with Gasteiger partial charge >= 0.3 is 5.97 Å². The number of carbonyl (C=O) groups excluding carboxylic acids is 1. The molecule has 1 aromatic carbocycles. The molecule has 0 bridgehead atoms. The third kappa shape index (κ3) is 3.21. The van der Waals surface area contributed by atoms with Crippen molar-refractivity contribution in [3.05, 3.63) is 33.8 Å². The predicted octanol–water partition coefficient (Wildman–Crippen LogP) is 3.91. The van der Waals surface area contributed by atoms with E-state index in [1.807, 2.05) is 0 Å². The number of ether oxygens (including phenoxy) is 1. The molecule has 0 spiro atoms. The first-order valence-electron chi connectivity index (χ1n) is 3.45. The van der Waals surface area contributed by atoms with E-state index in [1.165, 1.54) is 18.2 Å². The second-order valence-corrected chi connectivity index (χ2v) is 4.13. The average Bonchev–Trinajstić information content (AvgIpc) is 2.08. The molecule has 0 aliphatic carbocycles. The highest BCUT2D eigenvalue weighted by atomic mass is 35.5. The summed E-state index contributed by atoms with van der Waals surface area (Å²) in [6, 6.07) is 4.33. The second kappa shape index (κ2) is 5.08. The summed E-state index contributed by atoms with van der Waals surface area (Å²) in [5.74, 6) is -0.654. The lowest BCUT2D eigenvalue weighted by Crippen LogP contribution is -2.07. The zero-order valence-electron chi connectivity index (χ0n) is 6.64. The van der Waals surface area contributed by atoms with Gasteiger partial charge in [-0.05, 0) is 18.2 Å². The van der Waals surface area contributed by atoms with Gasteiger partial charge in [-0.25, -0.2) is 4.79 Å². The van der Waals surface area contributed by atoms with E-state index in [-0.39, 0.29) is 10.6 Å². The van der Waals surface area contributed by atoms with E-state index < -0.39 is 11.0 Å². The molecule has 2 nitrogen and oxygen atoms in total. The minimum atomic E-state index is -1.20. The van der Waals surface area contributed by atoms with Crippen LogP contribution in [-0.4, -0.2) is 11.0 Å². The number of halogens is 4. The standard InChI is InChI=1S/C8H4Cl4O2/c9-5-2-1-4(3-6(5)10)7(13)14-8(11)12/h1-3,8H. The molecule has 0 atom stereocenters. The minimum absolute atomic E-state index is 0.241. The summed E-state index contributed by atoms with van der Waals surface area (Å²) in [7, 11) is 0. The van der Waals surface area contributed by atoms with Crippen LogP contribution in [0.5, 0.6) is 0 Å². The molecule has 0 heterocycles. The number of benzene rings is 1. The van der Waals surface area contributed by atoms with E-state index in [4.69, 9.17) is 46.4 Å². The fourth-order valence-electron chi connectivity index (χ4n) is 0.772. The minimum Gasteiger partial charge on any atom is -0.428 e. The number of alkyl halides is 2. The summed E-state index contributed by atoms with van der Waals surface area (Å²) >= 11 is 21.9. The lowest BCUT2D eigenvalue weighted by atomic mass is 10.2. The van der Waals surface area contributed by atoms with Gasteiger partial charge < -0.3 is 4.74 Å². The van der Waals surface area contributed by atoms with Gasteiger partial charge in [0.2, 0.25) is 0 Å². The van der Waals surface area contributed by atoms with Crippen LogP contribution in [0.1, 0.15) is 10.4 Å². The molecule has 0 aromatic heterocycles. The molecule has 1 rings (SSSR count). The van der Waals surface area contributed by atoms with Crippen molar-refractivity contribution in [1.82, 2.24) is 0 Å². The highest BCUT2D eigenvalue weighted by Crippen LogP contribution is 2.23. The molecule has 14 heavy (non-hydrogen) atoms. The van der Waals surface area contributed by atoms with Gasteiger partial charge in [-0.15, -0.1) is 0 Å². The fraction of sp³-hybridized carbons (Fsp3) is 0.125. The third-order valence-corrected chi connectivity index (χ3v) is 2.27. The SMILES string of the molecule is O=C(OC(Cl)Cl)c1ccc(Cl)c(Cl)c1. The van der Waals surface area contributed by atoms with Gasteiger partial charge in [-0.3, -0.25) is 0 Å². The zero-order valence-corrected chi connectivity index (χ0v) is 9.66. The molecule has 0 radical (unpaired) electrons. The van der Waals surface area contributed by atoms with Gasteiger partial charge in [0.15, 0.2) is 0 Å².